The molecular formula is C6H9ClN+. The third-order valence-corrected chi connectivity index (χ3v) is 0.718. The second-order valence-electron chi connectivity index (χ2n) is 1.27. The van der Waals surface area contributed by atoms with Crippen LogP contribution in [-0.4, -0.2) is 0 Å². The molecule has 0 atom stereocenters. The van der Waals surface area contributed by atoms with Crippen molar-refractivity contribution in [2.45, 2.75) is 0 Å². The van der Waals surface area contributed by atoms with Crippen LogP contribution in [0.5, 0.6) is 0 Å². The number of hydrogen-bond donors (Lipinski definition) is 1. The summed E-state index contributed by atoms with van der Waals surface area (Å²) in [6.07, 6.45) is 11.6. The van der Waals surface area contributed by atoms with Gasteiger partial charge < -0.3 is 5.32 Å². The van der Waals surface area contributed by atoms with Crippen LogP contribution in [0.15, 0.2) is 36.7 Å². The molecule has 1 heterocycles. The highest BCUT2D eigenvalue weighted by Gasteiger charge is 1.67. The molecule has 0 spiro atoms. The molecule has 0 aromatic carbocycles. The number of rotatable bonds is 0. The van der Waals surface area contributed by atoms with Crippen LogP contribution in [0.3, 0.4) is 0 Å². The molecule has 0 bridgehead atoms. The van der Waals surface area contributed by atoms with E-state index in [4.69, 9.17) is 0 Å². The second-order valence-corrected chi connectivity index (χ2v) is 1.27. The SMILES string of the molecule is C1=CC=CNC=C1.Cl.[H+]. The lowest BCUT2D eigenvalue weighted by molar-refractivity contribution is 1.20. The largest absolute Gasteiger partial charge is 1.00 e. The Kier molecular flexibility index (Phi) is 4.08. The van der Waals surface area contributed by atoms with Crippen molar-refractivity contribution in [2.24, 2.45) is 0 Å². The molecule has 0 aromatic heterocycles. The average molecular weight is 131 g/mol. The van der Waals surface area contributed by atoms with Gasteiger partial charge in [0.2, 0.25) is 0 Å². The number of halogens is 1. The van der Waals surface area contributed by atoms with Gasteiger partial charge in [0.1, 0.15) is 0 Å². The highest BCUT2D eigenvalue weighted by molar-refractivity contribution is 5.85. The first-order chi connectivity index (χ1) is 3.50. The van der Waals surface area contributed by atoms with Crippen LogP contribution in [-0.2, 0) is 0 Å². The molecule has 0 saturated carbocycles. The average Bonchev–Trinajstić information content (AvgIpc) is 1.90. The summed E-state index contributed by atoms with van der Waals surface area (Å²) in [7, 11) is 0. The first-order valence-electron chi connectivity index (χ1n) is 2.24. The molecule has 0 saturated heterocycles. The van der Waals surface area contributed by atoms with Gasteiger partial charge in [-0.2, -0.15) is 0 Å². The van der Waals surface area contributed by atoms with Gasteiger partial charge >= 0.3 is 1.43 Å². The summed E-state index contributed by atoms with van der Waals surface area (Å²) in [5.41, 5.74) is 0. The van der Waals surface area contributed by atoms with Gasteiger partial charge in [0, 0.05) is 12.4 Å². The molecular weight excluding hydrogens is 122 g/mol. The fraction of sp³-hybridized carbons (Fsp3) is 0. The molecule has 0 unspecified atom stereocenters. The van der Waals surface area contributed by atoms with Crippen LogP contribution in [0.25, 0.3) is 0 Å². The third-order valence-electron chi connectivity index (χ3n) is 0.718. The summed E-state index contributed by atoms with van der Waals surface area (Å²) in [6.45, 7) is 0. The van der Waals surface area contributed by atoms with Crippen LogP contribution in [0, 0.1) is 0 Å². The van der Waals surface area contributed by atoms with Crippen LogP contribution >= 0.6 is 12.4 Å². The van der Waals surface area contributed by atoms with E-state index in [1.807, 2.05) is 36.7 Å². The molecule has 8 heavy (non-hydrogen) atoms. The van der Waals surface area contributed by atoms with Gasteiger partial charge in [-0.1, -0.05) is 12.2 Å². The smallest absolute Gasteiger partial charge is 0.368 e. The van der Waals surface area contributed by atoms with E-state index < -0.39 is 0 Å². The van der Waals surface area contributed by atoms with E-state index in [0.29, 0.717) is 0 Å². The van der Waals surface area contributed by atoms with Crippen molar-refractivity contribution in [2.75, 3.05) is 0 Å². The molecule has 0 aromatic rings. The Labute approximate surface area is 56.7 Å². The first-order valence-corrected chi connectivity index (χ1v) is 2.24. The molecule has 0 amide bonds. The Bertz CT molecular complexity index is 115. The van der Waals surface area contributed by atoms with Crippen molar-refractivity contribution in [1.29, 1.82) is 0 Å². The fourth-order valence-corrected chi connectivity index (χ4v) is 0.406. The van der Waals surface area contributed by atoms with Gasteiger partial charge in [-0.3, -0.25) is 0 Å². The Morgan fingerprint density at radius 1 is 0.875 bits per heavy atom. The van der Waals surface area contributed by atoms with Crippen molar-refractivity contribution < 1.29 is 1.43 Å². The Morgan fingerprint density at radius 2 is 1.38 bits per heavy atom. The maximum Gasteiger partial charge on any atom is 1.00 e. The Morgan fingerprint density at radius 3 is 1.88 bits per heavy atom. The quantitative estimate of drug-likeness (QED) is 0.527. The lowest BCUT2D eigenvalue weighted by atomic mass is 10.5. The molecule has 1 rings (SSSR count). The van der Waals surface area contributed by atoms with Crippen molar-refractivity contribution in [1.82, 2.24) is 5.32 Å². The summed E-state index contributed by atoms with van der Waals surface area (Å²) in [5, 5.41) is 2.92. The minimum atomic E-state index is 0. The molecule has 44 valence electrons. The van der Waals surface area contributed by atoms with Gasteiger partial charge in [0.25, 0.3) is 0 Å². The summed E-state index contributed by atoms with van der Waals surface area (Å²) < 4.78 is 0. The maximum atomic E-state index is 2.92. The van der Waals surface area contributed by atoms with E-state index in [1.54, 1.807) is 0 Å². The zero-order chi connectivity index (χ0) is 4.95. The second kappa shape index (κ2) is 4.47. The molecule has 0 radical (unpaired) electrons. The molecule has 2 heteroatoms. The molecule has 1 aliphatic heterocycles. The van der Waals surface area contributed by atoms with Crippen molar-refractivity contribution in [3.8, 4) is 0 Å². The predicted molar refractivity (Wildman–Crippen MR) is 38.9 cm³/mol. The molecule has 1 aliphatic rings. The van der Waals surface area contributed by atoms with Gasteiger partial charge in [0.05, 0.1) is 0 Å². The maximum absolute atomic E-state index is 2.92. The van der Waals surface area contributed by atoms with E-state index >= 15 is 0 Å². The van der Waals surface area contributed by atoms with E-state index in [0.717, 1.165) is 0 Å². The van der Waals surface area contributed by atoms with Gasteiger partial charge in [-0.15, -0.1) is 12.4 Å². The number of hydrogen-bond acceptors (Lipinski definition) is 1. The summed E-state index contributed by atoms with van der Waals surface area (Å²) >= 11 is 0. The predicted octanol–water partition coefficient (Wildman–Crippen LogP) is 1.71. The van der Waals surface area contributed by atoms with Gasteiger partial charge in [0.15, 0.2) is 0 Å². The van der Waals surface area contributed by atoms with Crippen molar-refractivity contribution >= 4 is 12.4 Å². The highest BCUT2D eigenvalue weighted by atomic mass is 35.5. The minimum Gasteiger partial charge on any atom is -0.368 e. The van der Waals surface area contributed by atoms with Gasteiger partial charge in [-0.05, 0) is 12.2 Å². The topological polar surface area (TPSA) is 12.0 Å². The molecule has 0 aliphatic carbocycles. The van der Waals surface area contributed by atoms with E-state index in [1.165, 1.54) is 0 Å². The normalized spacial score (nSPS) is 14.0. The molecule has 1 N–H and O–H groups in total. The van der Waals surface area contributed by atoms with Crippen LogP contribution in [0.4, 0.5) is 0 Å². The van der Waals surface area contributed by atoms with Crippen LogP contribution in [0.2, 0.25) is 0 Å². The monoisotopic (exact) mass is 130 g/mol. The standard InChI is InChI=1S/C6H7N.ClH/c1-2-4-6-7-5-3-1;/h1-7H;1H/p+1. The lowest BCUT2D eigenvalue weighted by Crippen LogP contribution is -1.87. The zero-order valence-electron chi connectivity index (χ0n) is 5.37. The third kappa shape index (κ3) is 2.48. The van der Waals surface area contributed by atoms with E-state index in [9.17, 15) is 0 Å². The Balaban J connectivity index is 0. The minimum absolute atomic E-state index is 0. The Hall–Kier alpha value is -0.690. The summed E-state index contributed by atoms with van der Waals surface area (Å²) in [6, 6.07) is 0. The number of allylic oxidation sites excluding steroid dienone is 4. The van der Waals surface area contributed by atoms with E-state index in [2.05, 4.69) is 5.32 Å². The zero-order valence-corrected chi connectivity index (χ0v) is 5.19. The lowest BCUT2D eigenvalue weighted by Gasteiger charge is -1.79. The van der Waals surface area contributed by atoms with Crippen molar-refractivity contribution in [3.63, 3.8) is 0 Å². The van der Waals surface area contributed by atoms with Crippen LogP contribution in [0.1, 0.15) is 1.43 Å². The van der Waals surface area contributed by atoms with Crippen molar-refractivity contribution in [3.05, 3.63) is 36.7 Å². The fourth-order valence-electron chi connectivity index (χ4n) is 0.406. The first kappa shape index (κ1) is 7.31. The summed E-state index contributed by atoms with van der Waals surface area (Å²) in [5.74, 6) is 0. The highest BCUT2D eigenvalue weighted by Crippen LogP contribution is 1.81. The van der Waals surface area contributed by atoms with Crippen LogP contribution < -0.4 is 5.32 Å². The number of nitrogens with one attached hydrogen (secondary N) is 1. The van der Waals surface area contributed by atoms with E-state index in [-0.39, 0.29) is 13.8 Å². The molecule has 0 fully saturated rings. The van der Waals surface area contributed by atoms with Gasteiger partial charge in [-0.25, -0.2) is 0 Å². The summed E-state index contributed by atoms with van der Waals surface area (Å²) in [4.78, 5) is 0. The molecule has 1 nitrogen and oxygen atoms in total.